The second kappa shape index (κ2) is 7.27. The zero-order valence-corrected chi connectivity index (χ0v) is 14.7. The molecule has 0 fully saturated rings. The number of carbonyl (C=O) groups excluding carboxylic acids is 1. The van der Waals surface area contributed by atoms with Gasteiger partial charge in [-0.25, -0.2) is 4.98 Å². The van der Waals surface area contributed by atoms with Gasteiger partial charge in [-0.2, -0.15) is 0 Å². The van der Waals surface area contributed by atoms with Crippen LogP contribution in [-0.2, 0) is 0 Å². The minimum atomic E-state index is -0.225. The summed E-state index contributed by atoms with van der Waals surface area (Å²) in [6.07, 6.45) is 1.65. The van der Waals surface area contributed by atoms with E-state index in [-0.39, 0.29) is 5.91 Å². The Bertz CT molecular complexity index is 862. The summed E-state index contributed by atoms with van der Waals surface area (Å²) in [5.74, 6) is -0.225. The van der Waals surface area contributed by atoms with Gasteiger partial charge in [-0.3, -0.25) is 4.79 Å². The number of aromatic nitrogens is 1. The van der Waals surface area contributed by atoms with Gasteiger partial charge in [-0.15, -0.1) is 0 Å². The Morgan fingerprint density at radius 2 is 1.67 bits per heavy atom. The highest BCUT2D eigenvalue weighted by atomic mass is 79.9. The van der Waals surface area contributed by atoms with Gasteiger partial charge in [-0.05, 0) is 58.7 Å². The van der Waals surface area contributed by atoms with Gasteiger partial charge in [0.2, 0.25) is 0 Å². The van der Waals surface area contributed by atoms with Gasteiger partial charge in [0.25, 0.3) is 5.91 Å². The molecule has 0 aliphatic heterocycles. The summed E-state index contributed by atoms with van der Waals surface area (Å²) < 4.78 is 0.964. The monoisotopic (exact) mass is 381 g/mol. The Hall–Kier alpha value is -2.66. The van der Waals surface area contributed by atoms with Crippen molar-refractivity contribution in [3.8, 4) is 0 Å². The Kier molecular flexibility index (Phi) is 4.91. The van der Waals surface area contributed by atoms with Gasteiger partial charge < -0.3 is 10.6 Å². The molecule has 0 bridgehead atoms. The Morgan fingerprint density at radius 1 is 0.958 bits per heavy atom. The number of rotatable bonds is 4. The van der Waals surface area contributed by atoms with Crippen LogP contribution in [0.2, 0.25) is 0 Å². The van der Waals surface area contributed by atoms with E-state index >= 15 is 0 Å². The molecule has 1 aromatic heterocycles. The first-order valence-corrected chi connectivity index (χ1v) is 8.27. The fourth-order valence-electron chi connectivity index (χ4n) is 2.22. The van der Waals surface area contributed by atoms with Crippen LogP contribution in [0.4, 0.5) is 17.1 Å². The zero-order valence-electron chi connectivity index (χ0n) is 13.1. The molecule has 5 heteroatoms. The van der Waals surface area contributed by atoms with Crippen LogP contribution in [0.15, 0.2) is 71.3 Å². The first-order valence-electron chi connectivity index (χ1n) is 7.48. The lowest BCUT2D eigenvalue weighted by Gasteiger charge is -2.10. The molecule has 3 aromatic rings. The van der Waals surface area contributed by atoms with Crippen LogP contribution in [0.1, 0.15) is 16.1 Å². The van der Waals surface area contributed by atoms with Crippen molar-refractivity contribution < 1.29 is 4.79 Å². The van der Waals surface area contributed by atoms with E-state index in [0.29, 0.717) is 5.69 Å². The number of hydrogen-bond acceptors (Lipinski definition) is 3. The summed E-state index contributed by atoms with van der Waals surface area (Å²) in [6.45, 7) is 1.95. The molecule has 1 amide bonds. The molecule has 0 atom stereocenters. The van der Waals surface area contributed by atoms with Gasteiger partial charge >= 0.3 is 0 Å². The van der Waals surface area contributed by atoms with Crippen LogP contribution in [0.3, 0.4) is 0 Å². The fraction of sp³-hybridized carbons (Fsp3) is 0.0526. The number of carbonyl (C=O) groups is 1. The zero-order chi connectivity index (χ0) is 16.9. The minimum Gasteiger partial charge on any atom is -0.353 e. The number of anilines is 3. The summed E-state index contributed by atoms with van der Waals surface area (Å²) in [5.41, 5.74) is 3.93. The third-order valence-electron chi connectivity index (χ3n) is 3.54. The maximum atomic E-state index is 12.3. The van der Waals surface area contributed by atoms with Gasteiger partial charge in [0.1, 0.15) is 5.69 Å². The third-order valence-corrected chi connectivity index (χ3v) is 4.23. The van der Waals surface area contributed by atoms with E-state index < -0.39 is 0 Å². The van der Waals surface area contributed by atoms with Gasteiger partial charge in [-0.1, -0.05) is 30.3 Å². The number of hydrogen-bond donors (Lipinski definition) is 2. The molecule has 2 aromatic carbocycles. The molecular formula is C19H16BrN3O. The van der Waals surface area contributed by atoms with Crippen LogP contribution >= 0.6 is 15.9 Å². The van der Waals surface area contributed by atoms with Crippen molar-refractivity contribution in [2.75, 3.05) is 10.6 Å². The summed E-state index contributed by atoms with van der Waals surface area (Å²) in [6, 6.07) is 19.0. The first kappa shape index (κ1) is 16.2. The van der Waals surface area contributed by atoms with Crippen LogP contribution in [0, 0.1) is 6.92 Å². The third kappa shape index (κ3) is 3.81. The van der Waals surface area contributed by atoms with E-state index in [2.05, 4.69) is 31.5 Å². The standard InChI is InChI=1S/C19H16BrN3O/c1-13-6-2-4-8-16(13)23-19(24)18-11-10-14(12-21-18)22-17-9-5-3-7-15(17)20/h2-12,22H,1H3,(H,23,24). The number of para-hydroxylation sites is 2. The number of halogens is 1. The molecular weight excluding hydrogens is 366 g/mol. The maximum absolute atomic E-state index is 12.3. The van der Waals surface area contributed by atoms with Crippen molar-refractivity contribution in [1.29, 1.82) is 0 Å². The van der Waals surface area contributed by atoms with E-state index in [1.807, 2.05) is 61.5 Å². The minimum absolute atomic E-state index is 0.225. The predicted molar refractivity (Wildman–Crippen MR) is 101 cm³/mol. The molecule has 0 saturated carbocycles. The molecule has 2 N–H and O–H groups in total. The highest BCUT2D eigenvalue weighted by Gasteiger charge is 2.09. The fourth-order valence-corrected chi connectivity index (χ4v) is 2.60. The lowest BCUT2D eigenvalue weighted by Crippen LogP contribution is -2.14. The van der Waals surface area contributed by atoms with E-state index in [1.165, 1.54) is 0 Å². The van der Waals surface area contributed by atoms with Crippen LogP contribution in [0.25, 0.3) is 0 Å². The number of aryl methyl sites for hydroxylation is 1. The van der Waals surface area contributed by atoms with Crippen LogP contribution < -0.4 is 10.6 Å². The number of pyridine rings is 1. The van der Waals surface area contributed by atoms with Gasteiger partial charge in [0.05, 0.1) is 17.6 Å². The first-order chi connectivity index (χ1) is 11.6. The second-order valence-corrected chi connectivity index (χ2v) is 6.16. The molecule has 0 aliphatic carbocycles. The smallest absolute Gasteiger partial charge is 0.274 e. The molecule has 0 aliphatic rings. The number of amides is 1. The number of nitrogens with zero attached hydrogens (tertiary/aromatic N) is 1. The second-order valence-electron chi connectivity index (χ2n) is 5.31. The largest absolute Gasteiger partial charge is 0.353 e. The maximum Gasteiger partial charge on any atom is 0.274 e. The summed E-state index contributed by atoms with van der Waals surface area (Å²) in [7, 11) is 0. The highest BCUT2D eigenvalue weighted by molar-refractivity contribution is 9.10. The molecule has 0 unspecified atom stereocenters. The van der Waals surface area contributed by atoms with E-state index in [1.54, 1.807) is 12.3 Å². The molecule has 1 heterocycles. The lowest BCUT2D eigenvalue weighted by atomic mass is 10.2. The van der Waals surface area contributed by atoms with Crippen molar-refractivity contribution in [2.45, 2.75) is 6.92 Å². The van der Waals surface area contributed by atoms with E-state index in [0.717, 1.165) is 27.1 Å². The number of nitrogens with one attached hydrogen (secondary N) is 2. The van der Waals surface area contributed by atoms with E-state index in [4.69, 9.17) is 0 Å². The van der Waals surface area contributed by atoms with Crippen molar-refractivity contribution in [2.24, 2.45) is 0 Å². The summed E-state index contributed by atoms with van der Waals surface area (Å²) in [4.78, 5) is 16.5. The lowest BCUT2D eigenvalue weighted by molar-refractivity contribution is 0.102. The molecule has 3 rings (SSSR count). The van der Waals surface area contributed by atoms with Gasteiger partial charge in [0, 0.05) is 10.2 Å². The molecule has 120 valence electrons. The Morgan fingerprint density at radius 3 is 2.33 bits per heavy atom. The topological polar surface area (TPSA) is 54.0 Å². The normalized spacial score (nSPS) is 10.2. The van der Waals surface area contributed by atoms with E-state index in [9.17, 15) is 4.79 Å². The van der Waals surface area contributed by atoms with Gasteiger partial charge in [0.15, 0.2) is 0 Å². The molecule has 0 radical (unpaired) electrons. The van der Waals surface area contributed by atoms with Crippen molar-refractivity contribution >= 4 is 38.9 Å². The Labute approximate surface area is 149 Å². The quantitative estimate of drug-likeness (QED) is 0.656. The van der Waals surface area contributed by atoms with Crippen molar-refractivity contribution in [3.05, 3.63) is 82.6 Å². The average Bonchev–Trinajstić information content (AvgIpc) is 2.59. The highest BCUT2D eigenvalue weighted by Crippen LogP contribution is 2.25. The summed E-state index contributed by atoms with van der Waals surface area (Å²) in [5, 5.41) is 6.13. The number of benzene rings is 2. The predicted octanol–water partition coefficient (Wildman–Crippen LogP) is 5.15. The van der Waals surface area contributed by atoms with Crippen LogP contribution in [-0.4, -0.2) is 10.9 Å². The Balaban J connectivity index is 1.71. The van der Waals surface area contributed by atoms with Crippen molar-refractivity contribution in [3.63, 3.8) is 0 Å². The van der Waals surface area contributed by atoms with Crippen molar-refractivity contribution in [1.82, 2.24) is 4.98 Å². The summed E-state index contributed by atoms with van der Waals surface area (Å²) >= 11 is 3.49. The average molecular weight is 382 g/mol. The molecule has 24 heavy (non-hydrogen) atoms. The molecule has 0 saturated heterocycles. The molecule has 0 spiro atoms. The SMILES string of the molecule is Cc1ccccc1NC(=O)c1ccc(Nc2ccccc2Br)cn1. The molecule has 4 nitrogen and oxygen atoms in total. The van der Waals surface area contributed by atoms with Crippen LogP contribution in [0.5, 0.6) is 0 Å².